The molecular formula is C17H33N7O6S2. The molecule has 0 aliphatic carbocycles. The number of carboxylic acids is 1. The van der Waals surface area contributed by atoms with E-state index in [1.807, 2.05) is 0 Å². The van der Waals surface area contributed by atoms with Crippen LogP contribution in [-0.2, 0) is 19.2 Å². The monoisotopic (exact) mass is 495 g/mol. The molecule has 0 saturated carbocycles. The third-order valence-corrected chi connectivity index (χ3v) is 5.19. The fourth-order valence-corrected chi connectivity index (χ4v) is 3.00. The molecule has 4 unspecified atom stereocenters. The second-order valence-electron chi connectivity index (χ2n) is 6.72. The molecule has 4 atom stereocenters. The number of aliphatic hydroxyl groups excluding tert-OH is 1. The highest BCUT2D eigenvalue weighted by atomic mass is 32.2. The number of amides is 3. The van der Waals surface area contributed by atoms with Crippen molar-refractivity contribution in [3.05, 3.63) is 0 Å². The maximum absolute atomic E-state index is 12.7. The molecule has 0 aromatic heterocycles. The van der Waals surface area contributed by atoms with Crippen LogP contribution in [0.3, 0.4) is 0 Å². The van der Waals surface area contributed by atoms with Gasteiger partial charge in [0, 0.05) is 12.3 Å². The predicted molar refractivity (Wildman–Crippen MR) is 125 cm³/mol. The standard InChI is InChI=1S/C17H33N7O6S2/c1-32-6-4-11(16(29)30)23-14(27)10(3-2-5-21-17(19)20)22-15(28)12(7-25)24-13(26)9(18)8-31/h9-12,25,31H,2-8,18H2,1H3,(H,22,28)(H,23,27)(H,24,26)(H,29,30)(H4,19,20,21). The second kappa shape index (κ2) is 16.4. The molecule has 0 spiro atoms. The number of nitrogens with zero attached hydrogens (tertiary/aromatic N) is 1. The van der Waals surface area contributed by atoms with Crippen molar-refractivity contribution in [3.8, 4) is 0 Å². The number of thioether (sulfide) groups is 1. The van der Waals surface area contributed by atoms with Gasteiger partial charge in [0.25, 0.3) is 0 Å². The number of aliphatic imine (C=N–C) groups is 1. The van der Waals surface area contributed by atoms with Gasteiger partial charge in [0.2, 0.25) is 17.7 Å². The Labute approximate surface area is 196 Å². The third kappa shape index (κ3) is 12.0. The molecule has 32 heavy (non-hydrogen) atoms. The van der Waals surface area contributed by atoms with Crippen LogP contribution in [0.15, 0.2) is 4.99 Å². The van der Waals surface area contributed by atoms with Crippen LogP contribution >= 0.6 is 24.4 Å². The minimum absolute atomic E-state index is 0.0219. The number of aliphatic hydroxyl groups is 1. The van der Waals surface area contributed by atoms with Crippen LogP contribution in [0.1, 0.15) is 19.3 Å². The van der Waals surface area contributed by atoms with Crippen molar-refractivity contribution in [2.75, 3.05) is 30.9 Å². The van der Waals surface area contributed by atoms with Crippen LogP contribution in [-0.4, -0.2) is 94.9 Å². The highest BCUT2D eigenvalue weighted by Gasteiger charge is 2.29. The first-order valence-corrected chi connectivity index (χ1v) is 11.8. The Morgan fingerprint density at radius 1 is 1.00 bits per heavy atom. The van der Waals surface area contributed by atoms with Crippen molar-refractivity contribution in [1.29, 1.82) is 0 Å². The van der Waals surface area contributed by atoms with E-state index < -0.39 is 54.5 Å². The van der Waals surface area contributed by atoms with Crippen molar-refractivity contribution < 1.29 is 29.4 Å². The summed E-state index contributed by atoms with van der Waals surface area (Å²) >= 11 is 5.32. The number of hydrogen-bond acceptors (Lipinski definition) is 9. The lowest BCUT2D eigenvalue weighted by Gasteiger charge is -2.24. The van der Waals surface area contributed by atoms with Crippen molar-refractivity contribution >= 4 is 54.0 Å². The molecule has 0 aliphatic rings. The number of thiol groups is 1. The van der Waals surface area contributed by atoms with E-state index in [1.54, 1.807) is 6.26 Å². The van der Waals surface area contributed by atoms with Gasteiger partial charge in [0.05, 0.1) is 12.6 Å². The van der Waals surface area contributed by atoms with E-state index in [1.165, 1.54) is 11.8 Å². The normalized spacial score (nSPS) is 14.4. The Bertz CT molecular complexity index is 663. The fourth-order valence-electron chi connectivity index (χ4n) is 2.37. The number of nitrogens with two attached hydrogens (primary N) is 3. The van der Waals surface area contributed by atoms with Gasteiger partial charge in [-0.25, -0.2) is 4.79 Å². The number of rotatable bonds is 16. The molecule has 13 nitrogen and oxygen atoms in total. The number of nitrogens with one attached hydrogen (secondary N) is 3. The molecule has 0 heterocycles. The molecule has 0 bridgehead atoms. The molecule has 0 radical (unpaired) electrons. The highest BCUT2D eigenvalue weighted by Crippen LogP contribution is 2.05. The smallest absolute Gasteiger partial charge is 0.326 e. The summed E-state index contributed by atoms with van der Waals surface area (Å²) in [4.78, 5) is 52.4. The summed E-state index contributed by atoms with van der Waals surface area (Å²) in [6.45, 7) is -0.571. The molecule has 0 fully saturated rings. The summed E-state index contributed by atoms with van der Waals surface area (Å²) in [5, 5.41) is 25.9. The van der Waals surface area contributed by atoms with Gasteiger partial charge >= 0.3 is 5.97 Å². The number of hydrogen-bond donors (Lipinski definition) is 9. The number of carbonyl (C=O) groups excluding carboxylic acids is 3. The van der Waals surface area contributed by atoms with Crippen LogP contribution in [0, 0.1) is 0 Å². The van der Waals surface area contributed by atoms with Gasteiger partial charge in [0.15, 0.2) is 5.96 Å². The zero-order valence-corrected chi connectivity index (χ0v) is 19.5. The quantitative estimate of drug-likeness (QED) is 0.0445. The number of guanidine groups is 1. The Hall–Kier alpha value is -2.23. The van der Waals surface area contributed by atoms with Gasteiger partial charge in [-0.3, -0.25) is 19.4 Å². The molecule has 0 aliphatic heterocycles. The lowest BCUT2D eigenvalue weighted by Crippen LogP contribution is -2.58. The zero-order valence-electron chi connectivity index (χ0n) is 17.8. The van der Waals surface area contributed by atoms with E-state index in [-0.39, 0.29) is 31.1 Å². The maximum Gasteiger partial charge on any atom is 0.326 e. The van der Waals surface area contributed by atoms with Gasteiger partial charge in [0.1, 0.15) is 18.1 Å². The van der Waals surface area contributed by atoms with Gasteiger partial charge in [-0.15, -0.1) is 0 Å². The van der Waals surface area contributed by atoms with E-state index in [2.05, 4.69) is 33.6 Å². The Kier molecular flexibility index (Phi) is 15.3. The summed E-state index contributed by atoms with van der Waals surface area (Å²) in [7, 11) is 0. The molecule has 0 aromatic carbocycles. The molecule has 0 saturated heterocycles. The van der Waals surface area contributed by atoms with Crippen molar-refractivity contribution in [2.45, 2.75) is 43.4 Å². The zero-order chi connectivity index (χ0) is 24.7. The Balaban J connectivity index is 5.33. The van der Waals surface area contributed by atoms with Crippen molar-refractivity contribution in [2.24, 2.45) is 22.2 Å². The minimum atomic E-state index is -1.37. The van der Waals surface area contributed by atoms with Crippen LogP contribution in [0.5, 0.6) is 0 Å². The van der Waals surface area contributed by atoms with Gasteiger partial charge in [-0.05, 0) is 31.3 Å². The molecule has 0 rings (SSSR count). The summed E-state index contributed by atoms with van der Waals surface area (Å²) < 4.78 is 0. The molecule has 3 amide bonds. The van der Waals surface area contributed by atoms with E-state index in [9.17, 15) is 29.4 Å². The first kappa shape index (κ1) is 29.8. The van der Waals surface area contributed by atoms with Crippen molar-refractivity contribution in [3.63, 3.8) is 0 Å². The lowest BCUT2D eigenvalue weighted by molar-refractivity contribution is -0.142. The Morgan fingerprint density at radius 3 is 2.06 bits per heavy atom. The van der Waals surface area contributed by atoms with Gasteiger partial charge in [-0.1, -0.05) is 0 Å². The molecular weight excluding hydrogens is 462 g/mol. The molecule has 11 N–H and O–H groups in total. The van der Waals surface area contributed by atoms with Crippen LogP contribution in [0.2, 0.25) is 0 Å². The van der Waals surface area contributed by atoms with E-state index in [0.29, 0.717) is 12.2 Å². The van der Waals surface area contributed by atoms with Crippen molar-refractivity contribution in [1.82, 2.24) is 16.0 Å². The number of carbonyl (C=O) groups is 4. The summed E-state index contributed by atoms with van der Waals surface area (Å²) in [6, 6.07) is -4.66. The van der Waals surface area contributed by atoms with E-state index in [0.717, 1.165) is 0 Å². The summed E-state index contributed by atoms with van der Waals surface area (Å²) in [5.74, 6) is -3.10. The van der Waals surface area contributed by atoms with Crippen LogP contribution in [0.4, 0.5) is 0 Å². The summed E-state index contributed by atoms with van der Waals surface area (Å²) in [5.41, 5.74) is 16.1. The Morgan fingerprint density at radius 2 is 1.56 bits per heavy atom. The molecule has 15 heteroatoms. The predicted octanol–water partition coefficient (Wildman–Crippen LogP) is -3.42. The first-order valence-electron chi connectivity index (χ1n) is 9.72. The second-order valence-corrected chi connectivity index (χ2v) is 8.07. The average Bonchev–Trinajstić information content (AvgIpc) is 2.75. The molecule has 184 valence electrons. The third-order valence-electron chi connectivity index (χ3n) is 4.15. The van der Waals surface area contributed by atoms with E-state index >= 15 is 0 Å². The average molecular weight is 496 g/mol. The lowest BCUT2D eigenvalue weighted by atomic mass is 10.1. The van der Waals surface area contributed by atoms with E-state index in [4.69, 9.17) is 17.2 Å². The molecule has 0 aromatic rings. The summed E-state index contributed by atoms with van der Waals surface area (Å²) in [6.07, 6.45) is 2.36. The highest BCUT2D eigenvalue weighted by molar-refractivity contribution is 7.98. The first-order chi connectivity index (χ1) is 15.1. The van der Waals surface area contributed by atoms with Gasteiger partial charge < -0.3 is 43.4 Å². The van der Waals surface area contributed by atoms with Gasteiger partial charge in [-0.2, -0.15) is 24.4 Å². The van der Waals surface area contributed by atoms with Crippen LogP contribution < -0.4 is 33.2 Å². The fraction of sp³-hybridized carbons (Fsp3) is 0.706. The number of aliphatic carboxylic acids is 1. The minimum Gasteiger partial charge on any atom is -0.480 e. The largest absolute Gasteiger partial charge is 0.480 e. The SMILES string of the molecule is CSCCC(NC(=O)C(CCCN=C(N)N)NC(=O)C(CO)NC(=O)C(N)CS)C(=O)O. The topological polar surface area (TPSA) is 235 Å². The maximum atomic E-state index is 12.7. The van der Waals surface area contributed by atoms with Crippen LogP contribution in [0.25, 0.3) is 0 Å². The number of carboxylic acid groups (broad SMARTS) is 1.